The highest BCUT2D eigenvalue weighted by molar-refractivity contribution is 7.80. The number of carbonyl (C=O) groups is 16. The van der Waals surface area contributed by atoms with E-state index in [0.717, 1.165) is 0 Å². The van der Waals surface area contributed by atoms with Crippen LogP contribution in [0.1, 0.15) is 96.5 Å². The van der Waals surface area contributed by atoms with Crippen molar-refractivity contribution in [3.8, 4) is 0 Å². The first kappa shape index (κ1) is 92.8. The second-order valence-electron chi connectivity index (χ2n) is 25.1. The molecule has 0 unspecified atom stereocenters. The quantitative estimate of drug-likeness (QED) is 0.0127. The zero-order valence-electron chi connectivity index (χ0n) is 59.3. The Morgan fingerprint density at radius 3 is 1.37 bits per heavy atom. The van der Waals surface area contributed by atoms with Crippen molar-refractivity contribution in [2.24, 2.45) is 40.3 Å². The average molecular weight is 1570 g/mol. The standard InChI is InChI=1S/C62H101N23O19S3/c1-29(2)19-32(64)50(94)84-43(27-106)60(104)83-41(25-86)57(101)82-40(22-48(91)92)56(100)77-35(12-7-17-71-61(67)68)51(95)74-24-46(88)75-42(26-105)58(102)79-37(14-15-47(89)90)53(97)81-39(21-45(65)87)55(99)78-36(13-8-18-72-62(69)70)52(96)80-38(20-30-23-73-33-10-4-3-9-31(30)33)54(98)85-44(28-107)59(103)76-34(49(66)93)11-5-6-16-63/h3-4,9-10,23,29,32,34-44,73,86,105-107H,5-8,11-22,24-28,63-64H2,1-2H3,(H2,65,87)(H2,66,93)(H,74,95)(H,75,88)(H,76,103)(H,77,100)(H,78,99)(H,79,102)(H,80,96)(H,81,97)(H,82,101)(H,83,104)(H,84,94)(H,85,98)(H,89,90)(H,91,92)(H4,67,68,71)(H4,69,70,72)/p+4/t32-,34-,35-,36-,37-,38-,39-,40-,41-,42-,43-,44-/m0/s1. The third kappa shape index (κ3) is 35.1. The number of quaternary nitrogens is 2. The van der Waals surface area contributed by atoms with Gasteiger partial charge in [-0.2, -0.15) is 37.9 Å². The van der Waals surface area contributed by atoms with E-state index in [1.165, 1.54) is 0 Å². The number of aliphatic carboxylic acids is 2. The van der Waals surface area contributed by atoms with E-state index in [9.17, 15) is 92.0 Å². The predicted octanol–water partition coefficient (Wildman–Crippen LogP) is -15.0. The summed E-state index contributed by atoms with van der Waals surface area (Å²) in [5.41, 5.74) is 42.0. The molecule has 42 nitrogen and oxygen atoms in total. The molecule has 0 aliphatic rings. The Morgan fingerprint density at radius 2 is 0.897 bits per heavy atom. The third-order valence-electron chi connectivity index (χ3n) is 15.8. The van der Waals surface area contributed by atoms with E-state index in [1.807, 2.05) is 13.8 Å². The topological polar surface area (TPSA) is 733 Å². The van der Waals surface area contributed by atoms with Crippen molar-refractivity contribution in [2.45, 2.75) is 170 Å². The highest BCUT2D eigenvalue weighted by Gasteiger charge is 2.37. The van der Waals surface area contributed by atoms with E-state index < -0.39 is 212 Å². The van der Waals surface area contributed by atoms with Crippen molar-refractivity contribution < 1.29 is 113 Å². The van der Waals surface area contributed by atoms with Crippen LogP contribution in [0.15, 0.2) is 30.5 Å². The van der Waals surface area contributed by atoms with Crippen LogP contribution < -0.4 is 120 Å². The molecule has 0 spiro atoms. The van der Waals surface area contributed by atoms with Gasteiger partial charge in [-0.25, -0.2) is 0 Å². The van der Waals surface area contributed by atoms with E-state index in [-0.39, 0.29) is 81.0 Å². The zero-order chi connectivity index (χ0) is 80.6. The number of carboxylic acid groups (broad SMARTS) is 2. The number of H-pyrrole nitrogens is 1. The molecule has 0 radical (unpaired) electrons. The van der Waals surface area contributed by atoms with E-state index in [4.69, 9.17) is 34.4 Å². The molecule has 2 aromatic rings. The largest absolute Gasteiger partial charge is 0.481 e. The third-order valence-corrected chi connectivity index (χ3v) is 16.9. The number of guanidine groups is 2. The molecule has 2 rings (SSSR count). The van der Waals surface area contributed by atoms with Crippen LogP contribution in [0.3, 0.4) is 0 Å². The number of aliphatic hydroxyl groups excluding tert-OH is 1. The number of benzene rings is 1. The Morgan fingerprint density at radius 1 is 0.486 bits per heavy atom. The molecule has 596 valence electrons. The van der Waals surface area contributed by atoms with Gasteiger partial charge in [0.1, 0.15) is 66.5 Å². The van der Waals surface area contributed by atoms with Gasteiger partial charge in [0.15, 0.2) is 6.04 Å². The SMILES string of the molecule is CC(C)C[C@H]([NH3+])C(=O)N[C@@H](CS)C(=O)N[C@@H](CO)C(=O)N[C@@H](CC(=O)O)C(=O)N[C@@H](CCC[NH+]=C(N)N)C(=O)NCC(=O)N[C@@H](CS)C(=O)N[C@@H](CCC(=O)O)C(=O)N[C@@H](CC(N)=O)C(=O)N[C@@H](CCC[NH+]=C(N)N)C(=O)N[C@@H](Cc1c[nH]c2ccccc12)C(=O)N[C@@H](CS)C(=O)N[C@@H](CCCC[NH3+])C(N)=O. The summed E-state index contributed by atoms with van der Waals surface area (Å²) in [6, 6.07) is -11.9. The molecule has 1 aromatic heterocycles. The first-order valence-corrected chi connectivity index (χ1v) is 35.9. The highest BCUT2D eigenvalue weighted by atomic mass is 32.1. The molecule has 0 aliphatic carbocycles. The molecular formula is C62H105N23O19S3+4. The van der Waals surface area contributed by atoms with Crippen molar-refractivity contribution in [3.63, 3.8) is 0 Å². The van der Waals surface area contributed by atoms with Gasteiger partial charge in [0.05, 0.1) is 45.6 Å². The molecule has 0 aliphatic heterocycles. The number of primary amides is 2. The molecule has 0 fully saturated rings. The minimum Gasteiger partial charge on any atom is -0.481 e. The number of aromatic nitrogens is 1. The van der Waals surface area contributed by atoms with Crippen LogP contribution in [-0.4, -0.2) is 249 Å². The Kier molecular flexibility index (Phi) is 42.3. The van der Waals surface area contributed by atoms with Gasteiger partial charge < -0.3 is 107 Å². The molecule has 12 atom stereocenters. The number of carboxylic acids is 2. The summed E-state index contributed by atoms with van der Waals surface area (Å²) in [7, 11) is 0. The molecule has 45 heteroatoms. The number of rotatable bonds is 52. The molecule has 0 bridgehead atoms. The number of hydrogen-bond acceptors (Lipinski definition) is 20. The van der Waals surface area contributed by atoms with Crippen LogP contribution in [-0.2, 0) is 83.1 Å². The van der Waals surface area contributed by atoms with Crippen molar-refractivity contribution >= 4 is 155 Å². The van der Waals surface area contributed by atoms with Gasteiger partial charge in [-0.3, -0.25) is 110 Å². The Labute approximate surface area is 631 Å². The smallest absolute Gasteiger partial charge is 0.338 e. The van der Waals surface area contributed by atoms with Crippen molar-refractivity contribution in [1.29, 1.82) is 0 Å². The fourth-order valence-electron chi connectivity index (χ4n) is 10.2. The maximum atomic E-state index is 14.6. The number of carbonyl (C=O) groups excluding carboxylic acids is 14. The van der Waals surface area contributed by atoms with E-state index in [1.54, 1.807) is 30.5 Å². The molecular weight excluding hydrogens is 1470 g/mol. The lowest BCUT2D eigenvalue weighted by atomic mass is 10.0. The second-order valence-corrected chi connectivity index (χ2v) is 26.2. The van der Waals surface area contributed by atoms with Crippen LogP contribution in [0.2, 0.25) is 0 Å². The molecule has 36 N–H and O–H groups in total. The number of para-hydroxylation sites is 1. The number of amides is 14. The van der Waals surface area contributed by atoms with Gasteiger partial charge in [0.2, 0.25) is 76.8 Å². The Bertz CT molecular complexity index is 3470. The summed E-state index contributed by atoms with van der Waals surface area (Å²) < 4.78 is 0. The van der Waals surface area contributed by atoms with Crippen molar-refractivity contribution in [2.75, 3.05) is 50.0 Å². The fraction of sp³-hybridized carbons (Fsp3) is 0.581. The lowest BCUT2D eigenvalue weighted by Crippen LogP contribution is -2.78. The minimum atomic E-state index is -2.00. The minimum absolute atomic E-state index is 0.000798. The maximum Gasteiger partial charge on any atom is 0.338 e. The number of aliphatic hydroxyl groups is 1. The van der Waals surface area contributed by atoms with Crippen LogP contribution in [0.5, 0.6) is 0 Å². The van der Waals surface area contributed by atoms with Gasteiger partial charge in [0.25, 0.3) is 5.91 Å². The zero-order valence-corrected chi connectivity index (χ0v) is 62.0. The molecule has 0 saturated carbocycles. The highest BCUT2D eigenvalue weighted by Crippen LogP contribution is 2.20. The van der Waals surface area contributed by atoms with Gasteiger partial charge >= 0.3 is 23.9 Å². The first-order chi connectivity index (χ1) is 50.5. The number of unbranched alkanes of at least 4 members (excludes halogenated alkanes) is 1. The number of nitrogens with two attached hydrogens (primary N) is 6. The lowest BCUT2D eigenvalue weighted by Gasteiger charge is -2.27. The van der Waals surface area contributed by atoms with E-state index >= 15 is 0 Å². The monoisotopic (exact) mass is 1570 g/mol. The predicted molar refractivity (Wildman–Crippen MR) is 392 cm³/mol. The maximum absolute atomic E-state index is 14.6. The number of fused-ring (bicyclic) bond motifs is 1. The summed E-state index contributed by atoms with van der Waals surface area (Å²) >= 11 is 12.5. The Hall–Kier alpha value is -10.3. The first-order valence-electron chi connectivity index (χ1n) is 34.0. The van der Waals surface area contributed by atoms with Gasteiger partial charge in [-0.1, -0.05) is 32.0 Å². The van der Waals surface area contributed by atoms with Crippen molar-refractivity contribution in [1.82, 2.24) is 68.8 Å². The Balaban J connectivity index is 2.44. The summed E-state index contributed by atoms with van der Waals surface area (Å²) in [6.45, 7) is 2.19. The average Bonchev–Trinajstić information content (AvgIpc) is 1.70. The van der Waals surface area contributed by atoms with Crippen LogP contribution in [0, 0.1) is 5.92 Å². The van der Waals surface area contributed by atoms with Crippen LogP contribution >= 0.6 is 37.9 Å². The summed E-state index contributed by atoms with van der Waals surface area (Å²) in [4.78, 5) is 223. The van der Waals surface area contributed by atoms with E-state index in [2.05, 4.69) is 128 Å². The molecule has 107 heavy (non-hydrogen) atoms. The van der Waals surface area contributed by atoms with E-state index in [0.29, 0.717) is 42.3 Å². The molecule has 14 amide bonds. The van der Waals surface area contributed by atoms with Gasteiger partial charge in [-0.05, 0) is 68.9 Å². The van der Waals surface area contributed by atoms with Crippen LogP contribution in [0.4, 0.5) is 0 Å². The van der Waals surface area contributed by atoms with Gasteiger partial charge in [0, 0.05) is 53.6 Å². The summed E-state index contributed by atoms with van der Waals surface area (Å²) in [5, 5.41) is 58.4. The number of hydrogen-bond donors (Lipinski definition) is 29. The van der Waals surface area contributed by atoms with Gasteiger partial charge in [-0.15, -0.1) is 0 Å². The van der Waals surface area contributed by atoms with Crippen molar-refractivity contribution in [3.05, 3.63) is 36.0 Å². The molecule has 1 heterocycles. The normalized spacial score (nSPS) is 14.4. The molecule has 0 saturated heterocycles. The fourth-order valence-corrected chi connectivity index (χ4v) is 11.0. The number of thiol groups is 3. The van der Waals surface area contributed by atoms with Crippen LogP contribution in [0.25, 0.3) is 10.9 Å². The number of nitrogens with one attached hydrogen (secondary N) is 15. The summed E-state index contributed by atoms with van der Waals surface area (Å²) in [6.07, 6.45) is -1.19. The second kappa shape index (κ2) is 48.8. The number of aromatic amines is 1. The molecule has 1 aromatic carbocycles. The summed E-state index contributed by atoms with van der Waals surface area (Å²) in [5.74, 6) is -19.6. The lowest BCUT2D eigenvalue weighted by molar-refractivity contribution is -0.460.